The summed E-state index contributed by atoms with van der Waals surface area (Å²) in [6.45, 7) is 4.40. The Kier molecular flexibility index (Phi) is 6.88. The Balaban J connectivity index is 1.13. The number of aryl methyl sites for hydroxylation is 2. The number of nitrogens with one attached hydrogen (secondary N) is 2. The van der Waals surface area contributed by atoms with E-state index in [1.807, 2.05) is 37.3 Å². The number of aromatic nitrogens is 1. The lowest BCUT2D eigenvalue weighted by Gasteiger charge is -2.09. The van der Waals surface area contributed by atoms with Crippen LogP contribution in [0.4, 0.5) is 0 Å². The number of unbranched alkanes of at least 4 members (excludes halogenated alkanes) is 1. The van der Waals surface area contributed by atoms with Gasteiger partial charge >= 0.3 is 5.63 Å². The number of nitrogens with zero attached hydrogens (tertiary/aromatic N) is 1. The summed E-state index contributed by atoms with van der Waals surface area (Å²) in [6, 6.07) is 15.0. The van der Waals surface area contributed by atoms with Crippen molar-refractivity contribution in [2.75, 3.05) is 19.7 Å². The molecule has 2 aromatic carbocycles. The van der Waals surface area contributed by atoms with Crippen molar-refractivity contribution in [3.63, 3.8) is 0 Å². The van der Waals surface area contributed by atoms with Crippen molar-refractivity contribution < 1.29 is 9.15 Å². The van der Waals surface area contributed by atoms with E-state index in [1.165, 1.54) is 11.6 Å². The number of H-pyrrole nitrogens is 1. The number of rotatable bonds is 10. The van der Waals surface area contributed by atoms with Crippen molar-refractivity contribution in [3.05, 3.63) is 75.8 Å². The van der Waals surface area contributed by atoms with E-state index in [0.29, 0.717) is 17.8 Å². The minimum absolute atomic E-state index is 0.329. The zero-order valence-corrected chi connectivity index (χ0v) is 18.2. The summed E-state index contributed by atoms with van der Waals surface area (Å²) in [5.41, 5.74) is 4.21. The standard InChI is InChI=1S/C26H27N3O3/c1-18-13-26(30)32-25-9-7-21(15-22(18)25)31-12-4-11-28-10-3-2-5-20-17-29-24-8-6-19(16-27)14-23(20)24/h6-9,13-15,17,28-29H,2-5,10-12H2,1H3. The highest BCUT2D eigenvalue weighted by atomic mass is 16.5. The van der Waals surface area contributed by atoms with Crippen LogP contribution in [0.25, 0.3) is 21.9 Å². The predicted octanol–water partition coefficient (Wildman–Crippen LogP) is 4.84. The first-order valence-electron chi connectivity index (χ1n) is 11.0. The van der Waals surface area contributed by atoms with E-state index >= 15 is 0 Å². The van der Waals surface area contributed by atoms with Crippen molar-refractivity contribution in [2.45, 2.75) is 32.6 Å². The van der Waals surface area contributed by atoms with Gasteiger partial charge in [0.05, 0.1) is 18.2 Å². The van der Waals surface area contributed by atoms with E-state index in [0.717, 1.165) is 66.4 Å². The number of aromatic amines is 1. The summed E-state index contributed by atoms with van der Waals surface area (Å²) >= 11 is 0. The monoisotopic (exact) mass is 429 g/mol. The maximum Gasteiger partial charge on any atom is 0.336 e. The minimum Gasteiger partial charge on any atom is -0.494 e. The third-order valence-electron chi connectivity index (χ3n) is 5.63. The van der Waals surface area contributed by atoms with Crippen molar-refractivity contribution in [1.82, 2.24) is 10.3 Å². The Morgan fingerprint density at radius 3 is 2.81 bits per heavy atom. The molecule has 2 aromatic heterocycles. The van der Waals surface area contributed by atoms with Crippen molar-refractivity contribution in [2.24, 2.45) is 0 Å². The van der Waals surface area contributed by atoms with E-state index < -0.39 is 0 Å². The van der Waals surface area contributed by atoms with Gasteiger partial charge in [-0.05, 0) is 93.2 Å². The Morgan fingerprint density at radius 1 is 1.06 bits per heavy atom. The quantitative estimate of drug-likeness (QED) is 0.278. The zero-order valence-electron chi connectivity index (χ0n) is 18.2. The van der Waals surface area contributed by atoms with E-state index in [1.54, 1.807) is 6.07 Å². The Morgan fingerprint density at radius 2 is 1.94 bits per heavy atom. The van der Waals surface area contributed by atoms with E-state index in [2.05, 4.69) is 22.6 Å². The van der Waals surface area contributed by atoms with Crippen LogP contribution in [0, 0.1) is 18.3 Å². The highest BCUT2D eigenvalue weighted by Crippen LogP contribution is 2.23. The first kappa shape index (κ1) is 21.7. The summed E-state index contributed by atoms with van der Waals surface area (Å²) in [5.74, 6) is 0.785. The van der Waals surface area contributed by atoms with Gasteiger partial charge in [-0.25, -0.2) is 4.79 Å². The molecule has 4 rings (SSSR count). The fourth-order valence-electron chi connectivity index (χ4n) is 3.92. The molecule has 6 nitrogen and oxygen atoms in total. The van der Waals surface area contributed by atoms with Crippen LogP contribution in [0.5, 0.6) is 5.75 Å². The summed E-state index contributed by atoms with van der Waals surface area (Å²) < 4.78 is 11.1. The minimum atomic E-state index is -0.329. The third kappa shape index (κ3) is 5.19. The Hall–Kier alpha value is -3.56. The summed E-state index contributed by atoms with van der Waals surface area (Å²) in [4.78, 5) is 14.7. The van der Waals surface area contributed by atoms with E-state index in [-0.39, 0.29) is 5.63 Å². The van der Waals surface area contributed by atoms with Crippen LogP contribution in [0.3, 0.4) is 0 Å². The second-order valence-corrected chi connectivity index (χ2v) is 8.00. The molecule has 2 N–H and O–H groups in total. The summed E-state index contributed by atoms with van der Waals surface area (Å²) in [7, 11) is 0. The van der Waals surface area contributed by atoms with Crippen molar-refractivity contribution in [3.8, 4) is 11.8 Å². The van der Waals surface area contributed by atoms with Crippen LogP contribution < -0.4 is 15.7 Å². The van der Waals surface area contributed by atoms with Crippen molar-refractivity contribution in [1.29, 1.82) is 5.26 Å². The third-order valence-corrected chi connectivity index (χ3v) is 5.63. The normalized spacial score (nSPS) is 11.1. The largest absolute Gasteiger partial charge is 0.494 e. The average molecular weight is 430 g/mol. The highest BCUT2D eigenvalue weighted by Gasteiger charge is 2.06. The van der Waals surface area contributed by atoms with Gasteiger partial charge in [0.25, 0.3) is 0 Å². The van der Waals surface area contributed by atoms with Gasteiger partial charge in [-0.2, -0.15) is 5.26 Å². The van der Waals surface area contributed by atoms with Crippen LogP contribution in [0.2, 0.25) is 0 Å². The van der Waals surface area contributed by atoms with Gasteiger partial charge < -0.3 is 19.5 Å². The molecule has 0 radical (unpaired) electrons. The topological polar surface area (TPSA) is 91.0 Å². The van der Waals surface area contributed by atoms with Gasteiger partial charge in [-0.3, -0.25) is 0 Å². The maximum atomic E-state index is 11.4. The second-order valence-electron chi connectivity index (χ2n) is 8.00. The summed E-state index contributed by atoms with van der Waals surface area (Å²) in [5, 5.41) is 14.6. The van der Waals surface area contributed by atoms with Crippen LogP contribution in [0.15, 0.2) is 57.9 Å². The van der Waals surface area contributed by atoms with Crippen LogP contribution in [0.1, 0.15) is 36.0 Å². The fourth-order valence-corrected chi connectivity index (χ4v) is 3.92. The van der Waals surface area contributed by atoms with E-state index in [4.69, 9.17) is 14.4 Å². The van der Waals surface area contributed by atoms with Crippen molar-refractivity contribution >= 4 is 21.9 Å². The molecule has 0 fully saturated rings. The lowest BCUT2D eigenvalue weighted by atomic mass is 10.1. The second kappa shape index (κ2) is 10.2. The molecule has 4 aromatic rings. The van der Waals surface area contributed by atoms with Gasteiger partial charge in [-0.15, -0.1) is 0 Å². The number of hydrogen-bond acceptors (Lipinski definition) is 5. The molecule has 0 amide bonds. The summed E-state index contributed by atoms with van der Waals surface area (Å²) in [6.07, 6.45) is 6.17. The lowest BCUT2D eigenvalue weighted by Crippen LogP contribution is -2.18. The molecule has 0 bridgehead atoms. The van der Waals surface area contributed by atoms with Gasteiger partial charge in [0.15, 0.2) is 0 Å². The SMILES string of the molecule is Cc1cc(=O)oc2ccc(OCCCNCCCCc3c[nH]c4ccc(C#N)cc34)cc12. The van der Waals surface area contributed by atoms with Gasteiger partial charge in [0, 0.05) is 28.6 Å². The molecule has 0 aliphatic heterocycles. The molecule has 164 valence electrons. The average Bonchev–Trinajstić information content (AvgIpc) is 3.20. The Bertz CT molecular complexity index is 1310. The lowest BCUT2D eigenvalue weighted by molar-refractivity contribution is 0.308. The number of fused-ring (bicyclic) bond motifs is 2. The number of benzene rings is 2. The molecule has 0 atom stereocenters. The molecule has 0 saturated carbocycles. The van der Waals surface area contributed by atoms with Gasteiger partial charge in [-0.1, -0.05) is 0 Å². The fraction of sp³-hybridized carbons (Fsp3) is 0.308. The number of nitriles is 1. The highest BCUT2D eigenvalue weighted by molar-refractivity contribution is 5.84. The molecular formula is C26H27N3O3. The maximum absolute atomic E-state index is 11.4. The molecule has 32 heavy (non-hydrogen) atoms. The molecular weight excluding hydrogens is 402 g/mol. The molecule has 0 spiro atoms. The first-order valence-corrected chi connectivity index (χ1v) is 11.0. The van der Waals surface area contributed by atoms with E-state index in [9.17, 15) is 4.79 Å². The number of ether oxygens (including phenoxy) is 1. The molecule has 0 aliphatic rings. The first-order chi connectivity index (χ1) is 15.6. The molecule has 6 heteroatoms. The predicted molar refractivity (Wildman–Crippen MR) is 126 cm³/mol. The van der Waals surface area contributed by atoms with Crippen LogP contribution in [-0.2, 0) is 6.42 Å². The van der Waals surface area contributed by atoms with Crippen LogP contribution in [-0.4, -0.2) is 24.7 Å². The smallest absolute Gasteiger partial charge is 0.336 e. The zero-order chi connectivity index (χ0) is 22.3. The molecule has 2 heterocycles. The molecule has 0 aliphatic carbocycles. The Labute approximate surface area is 186 Å². The van der Waals surface area contributed by atoms with Crippen LogP contribution >= 0.6 is 0 Å². The molecule has 0 saturated heterocycles. The van der Waals surface area contributed by atoms with Gasteiger partial charge in [0.2, 0.25) is 0 Å². The number of hydrogen-bond donors (Lipinski definition) is 2. The van der Waals surface area contributed by atoms with Gasteiger partial charge in [0.1, 0.15) is 11.3 Å². The molecule has 0 unspecified atom stereocenters.